The molecule has 3 aromatic heterocycles. The molecule has 8 heteroatoms. The monoisotopic (exact) mass is 1300 g/mol. The van der Waals surface area contributed by atoms with Gasteiger partial charge in [-0.1, -0.05) is 88.4 Å². The SMILES string of the molecule is CC(C)c1cc(-c2ccc(-c3ccccc3)cc2)cc(C(C)C)c1-n1c(-c2[c-]ccc3c2[te]c2cc(C#N)ccc23)nc2ccccc21.CC(C)c1cccc(C(C)C)c1-n1c(-c2[c-]cc(F)cc2)nc2ccccc21.[Ir]. The molecule has 0 aliphatic rings. The summed E-state index contributed by atoms with van der Waals surface area (Å²) >= 11 is -0.744. The topological polar surface area (TPSA) is 59.4 Å². The van der Waals surface area contributed by atoms with E-state index < -0.39 is 20.4 Å². The molecule has 0 saturated heterocycles. The van der Waals surface area contributed by atoms with Crippen LogP contribution in [0.3, 0.4) is 0 Å². The van der Waals surface area contributed by atoms with E-state index in [0.29, 0.717) is 11.8 Å². The van der Waals surface area contributed by atoms with Crippen LogP contribution in [0.15, 0.2) is 182 Å². The van der Waals surface area contributed by atoms with E-state index in [9.17, 15) is 9.65 Å². The Balaban J connectivity index is 0.000000198. The molecule has 0 spiro atoms. The smallest absolute Gasteiger partial charge is 0.0774 e. The van der Waals surface area contributed by atoms with E-state index in [4.69, 9.17) is 9.97 Å². The Kier molecular flexibility index (Phi) is 15.5. The summed E-state index contributed by atoms with van der Waals surface area (Å²) in [6.45, 7) is 18.0. The van der Waals surface area contributed by atoms with Crippen molar-refractivity contribution in [2.75, 3.05) is 0 Å². The largest absolute Gasteiger partial charge is 0.333 e. The Hall–Kier alpha value is -7.22. The summed E-state index contributed by atoms with van der Waals surface area (Å²) in [5.41, 5.74) is 19.1. The molecule has 12 rings (SSSR count). The van der Waals surface area contributed by atoms with E-state index >= 15 is 0 Å². The van der Waals surface area contributed by atoms with Gasteiger partial charge in [0.15, 0.2) is 0 Å². The minimum Gasteiger partial charge on any atom is -0.333 e. The van der Waals surface area contributed by atoms with Crippen molar-refractivity contribution in [1.29, 1.82) is 5.26 Å². The van der Waals surface area contributed by atoms with Crippen molar-refractivity contribution in [2.24, 2.45) is 0 Å². The molecular formula is C69H58FIrN5Te-2. The summed E-state index contributed by atoms with van der Waals surface area (Å²) in [6, 6.07) is 71.5. The number of para-hydroxylation sites is 5. The van der Waals surface area contributed by atoms with Crippen molar-refractivity contribution in [3.8, 4) is 62.5 Å². The Labute approximate surface area is 474 Å². The Morgan fingerprint density at radius 1 is 0.506 bits per heavy atom. The summed E-state index contributed by atoms with van der Waals surface area (Å²) in [6.07, 6.45) is 0. The number of fused-ring (bicyclic) bond motifs is 5. The van der Waals surface area contributed by atoms with Gasteiger partial charge in [0.25, 0.3) is 0 Å². The van der Waals surface area contributed by atoms with Crippen LogP contribution >= 0.6 is 0 Å². The Morgan fingerprint density at radius 2 is 1.04 bits per heavy atom. The van der Waals surface area contributed by atoms with E-state index in [1.54, 1.807) is 6.07 Å². The summed E-state index contributed by atoms with van der Waals surface area (Å²) in [5, 5.41) is 12.1. The molecule has 77 heavy (non-hydrogen) atoms. The fourth-order valence-electron chi connectivity index (χ4n) is 10.6. The second-order valence-corrected chi connectivity index (χ2v) is 23.8. The predicted octanol–water partition coefficient (Wildman–Crippen LogP) is 18.2. The maximum atomic E-state index is 13.5. The fraction of sp³-hybridized carbons (Fsp3) is 0.174. The number of hydrogen-bond donors (Lipinski definition) is 0. The minimum atomic E-state index is -0.744. The van der Waals surface area contributed by atoms with Gasteiger partial charge in [0, 0.05) is 31.6 Å². The van der Waals surface area contributed by atoms with E-state index in [1.807, 2.05) is 30.3 Å². The van der Waals surface area contributed by atoms with Gasteiger partial charge in [-0.3, -0.25) is 9.37 Å². The molecular weight excluding hydrogens is 1240 g/mol. The van der Waals surface area contributed by atoms with Crippen molar-refractivity contribution in [3.05, 3.63) is 228 Å². The standard InChI is InChI=1S/C44H34N3Te.C25H24FN2.Ir/c1-27(2)37-24-33(32-20-18-31(19-21-32)30-11-6-5-7-12-30)25-38(28(3)4)42(37)47-40-16-9-8-15-39(40)46-44(47)36-14-10-13-35-34-22-17-29(26-45)23-41(34)48-43(35)36;1-16(2)20-8-7-9-21(17(3)4)24(20)28-23-11-6-5-10-22(23)27-25(28)18-12-14-19(26)15-13-18;/h5-13,15-25,27-28H,1-4H3;5-12,14-17H,1-4H3;/q2*-1;. The first kappa shape index (κ1) is 53.2. The van der Waals surface area contributed by atoms with Gasteiger partial charge in [0.2, 0.25) is 0 Å². The van der Waals surface area contributed by atoms with Crippen LogP contribution in [-0.2, 0) is 20.1 Å². The number of nitriles is 1. The van der Waals surface area contributed by atoms with Gasteiger partial charge in [-0.15, -0.1) is 29.8 Å². The summed E-state index contributed by atoms with van der Waals surface area (Å²) < 4.78 is 20.8. The van der Waals surface area contributed by atoms with Crippen molar-refractivity contribution >= 4 is 60.1 Å². The number of imidazole rings is 2. The van der Waals surface area contributed by atoms with Crippen molar-refractivity contribution < 1.29 is 24.5 Å². The van der Waals surface area contributed by atoms with Crippen LogP contribution in [0.5, 0.6) is 0 Å². The first-order valence-electron chi connectivity index (χ1n) is 26.3. The van der Waals surface area contributed by atoms with Gasteiger partial charge in [0.05, 0.1) is 16.9 Å². The number of nitrogens with zero attached hydrogens (tertiary/aromatic N) is 5. The van der Waals surface area contributed by atoms with Gasteiger partial charge in [-0.25, -0.2) is 0 Å². The molecule has 5 nitrogen and oxygen atoms in total. The van der Waals surface area contributed by atoms with Crippen molar-refractivity contribution in [2.45, 2.75) is 79.1 Å². The van der Waals surface area contributed by atoms with Gasteiger partial charge < -0.3 is 4.57 Å². The number of halogens is 1. The molecule has 0 atom stereocenters. The molecule has 3 heterocycles. The molecule has 1 radical (unpaired) electrons. The zero-order valence-electron chi connectivity index (χ0n) is 44.5. The Bertz CT molecular complexity index is 4080. The fourth-order valence-corrected chi connectivity index (χ4v) is 14.1. The van der Waals surface area contributed by atoms with Gasteiger partial charge >= 0.3 is 257 Å². The molecule has 0 bridgehead atoms. The molecule has 383 valence electrons. The zero-order valence-corrected chi connectivity index (χ0v) is 49.2. The third-order valence-corrected chi connectivity index (χ3v) is 17.8. The molecule has 0 N–H and O–H groups in total. The number of hydrogen-bond acceptors (Lipinski definition) is 3. The average molecular weight is 1300 g/mol. The Morgan fingerprint density at radius 3 is 1.61 bits per heavy atom. The summed E-state index contributed by atoms with van der Waals surface area (Å²) in [7, 11) is 0. The second kappa shape index (κ2) is 22.4. The quantitative estimate of drug-likeness (QED) is 0.101. The first-order chi connectivity index (χ1) is 36.9. The van der Waals surface area contributed by atoms with Gasteiger partial charge in [-0.2, -0.15) is 0 Å². The van der Waals surface area contributed by atoms with Crippen LogP contribution in [0.4, 0.5) is 4.39 Å². The maximum absolute atomic E-state index is 13.5. The van der Waals surface area contributed by atoms with Crippen LogP contribution < -0.4 is 0 Å². The summed E-state index contributed by atoms with van der Waals surface area (Å²) in [5.74, 6) is 2.72. The number of aromatic nitrogens is 4. The molecule has 0 fully saturated rings. The maximum Gasteiger partial charge on any atom is 0.0774 e. The predicted molar refractivity (Wildman–Crippen MR) is 315 cm³/mol. The molecule has 0 aliphatic heterocycles. The third kappa shape index (κ3) is 10.2. The van der Waals surface area contributed by atoms with Crippen LogP contribution in [-0.4, -0.2) is 39.5 Å². The van der Waals surface area contributed by atoms with E-state index in [1.165, 1.54) is 85.6 Å². The van der Waals surface area contributed by atoms with Crippen LogP contribution in [0, 0.1) is 29.3 Å². The van der Waals surface area contributed by atoms with Crippen molar-refractivity contribution in [3.63, 3.8) is 0 Å². The molecule has 0 aliphatic carbocycles. The van der Waals surface area contributed by atoms with E-state index in [-0.39, 0.29) is 37.8 Å². The van der Waals surface area contributed by atoms with Gasteiger partial charge in [0.1, 0.15) is 0 Å². The molecule has 0 amide bonds. The van der Waals surface area contributed by atoms with E-state index in [0.717, 1.165) is 50.4 Å². The van der Waals surface area contributed by atoms with Crippen LogP contribution in [0.25, 0.3) is 96.0 Å². The average Bonchev–Trinajstić information content (AvgIpc) is 4.28. The van der Waals surface area contributed by atoms with Crippen molar-refractivity contribution in [1.82, 2.24) is 19.1 Å². The second-order valence-electron chi connectivity index (χ2n) is 20.8. The third-order valence-electron chi connectivity index (χ3n) is 14.5. The molecule has 12 aromatic rings. The number of rotatable bonds is 10. The first-order valence-corrected chi connectivity index (χ1v) is 28.6. The number of benzene rings is 9. The molecule has 0 saturated carbocycles. The van der Waals surface area contributed by atoms with Crippen LogP contribution in [0.1, 0.15) is 107 Å². The van der Waals surface area contributed by atoms with E-state index in [2.05, 4.69) is 216 Å². The normalized spacial score (nSPS) is 11.5. The van der Waals surface area contributed by atoms with Crippen LogP contribution in [0.2, 0.25) is 0 Å². The van der Waals surface area contributed by atoms with Gasteiger partial charge in [-0.05, 0) is 40.7 Å². The molecule has 9 aromatic carbocycles. The molecule has 0 unspecified atom stereocenters. The zero-order chi connectivity index (χ0) is 52.8. The minimum absolute atomic E-state index is 0. The summed E-state index contributed by atoms with van der Waals surface area (Å²) in [4.78, 5) is 10.3.